The third-order valence-electron chi connectivity index (χ3n) is 5.83. The van der Waals surface area contributed by atoms with Crippen LogP contribution in [0.25, 0.3) is 0 Å². The number of hydrogen-bond acceptors (Lipinski definition) is 4. The van der Waals surface area contributed by atoms with Crippen LogP contribution in [0, 0.1) is 0 Å². The highest BCUT2D eigenvalue weighted by molar-refractivity contribution is 5.96. The zero-order valence-corrected chi connectivity index (χ0v) is 18.4. The topological polar surface area (TPSA) is 93.5 Å². The second kappa shape index (κ2) is 10.8. The van der Waals surface area contributed by atoms with Crippen molar-refractivity contribution in [3.63, 3.8) is 0 Å². The molecule has 0 saturated heterocycles. The number of carbonyl (C=O) groups is 2. The summed E-state index contributed by atoms with van der Waals surface area (Å²) in [6, 6.07) is 26.5. The van der Waals surface area contributed by atoms with Crippen LogP contribution in [-0.4, -0.2) is 24.1 Å². The number of nitrogens with two attached hydrogens (primary N) is 1. The molecule has 3 unspecified atom stereocenters. The number of anilines is 1. The van der Waals surface area contributed by atoms with E-state index in [0.717, 1.165) is 17.5 Å². The standard InChI is InChI=1S/C27H29N3O3/c28-24-17-23(24)21-12-14-22(15-13-21)29-26(31)25(16-11-19-7-3-1-4-8-19)30-27(32)33-18-20-9-5-2-6-10-20/h1-10,12-15,23-25H,11,16-18,28H2,(H,29,31)(H,30,32). The third kappa shape index (κ3) is 6.67. The summed E-state index contributed by atoms with van der Waals surface area (Å²) in [7, 11) is 0. The minimum absolute atomic E-state index is 0.143. The van der Waals surface area contributed by atoms with E-state index in [9.17, 15) is 9.59 Å². The maximum absolute atomic E-state index is 13.0. The summed E-state index contributed by atoms with van der Waals surface area (Å²) >= 11 is 0. The van der Waals surface area contributed by atoms with E-state index in [2.05, 4.69) is 10.6 Å². The van der Waals surface area contributed by atoms with E-state index in [4.69, 9.17) is 10.5 Å². The number of ether oxygens (including phenoxy) is 1. The van der Waals surface area contributed by atoms with Crippen molar-refractivity contribution in [1.82, 2.24) is 5.32 Å². The van der Waals surface area contributed by atoms with Crippen molar-refractivity contribution in [2.24, 2.45) is 5.73 Å². The molecule has 2 amide bonds. The molecule has 3 atom stereocenters. The molecule has 0 aromatic heterocycles. The summed E-state index contributed by atoms with van der Waals surface area (Å²) in [6.07, 6.45) is 1.48. The number of carbonyl (C=O) groups excluding carboxylic acids is 2. The van der Waals surface area contributed by atoms with Gasteiger partial charge in [0.25, 0.3) is 0 Å². The Kier molecular flexibility index (Phi) is 7.37. The molecule has 3 aromatic carbocycles. The van der Waals surface area contributed by atoms with Crippen molar-refractivity contribution < 1.29 is 14.3 Å². The molecule has 4 rings (SSSR count). The van der Waals surface area contributed by atoms with Gasteiger partial charge in [0.1, 0.15) is 12.6 Å². The SMILES string of the molecule is NC1CC1c1ccc(NC(=O)C(CCc2ccccc2)NC(=O)OCc2ccccc2)cc1. The fourth-order valence-electron chi connectivity index (χ4n) is 3.77. The smallest absolute Gasteiger partial charge is 0.408 e. The van der Waals surface area contributed by atoms with Crippen LogP contribution in [0.5, 0.6) is 0 Å². The largest absolute Gasteiger partial charge is 0.445 e. The Labute approximate surface area is 194 Å². The molecule has 3 aromatic rings. The zero-order chi connectivity index (χ0) is 23.0. The van der Waals surface area contributed by atoms with Crippen LogP contribution in [-0.2, 0) is 22.6 Å². The molecular weight excluding hydrogens is 414 g/mol. The normalized spacial score (nSPS) is 17.6. The van der Waals surface area contributed by atoms with Gasteiger partial charge in [-0.1, -0.05) is 72.8 Å². The molecular formula is C27H29N3O3. The predicted octanol–water partition coefficient (Wildman–Crippen LogP) is 4.37. The number of hydrogen-bond donors (Lipinski definition) is 3. The first-order valence-electron chi connectivity index (χ1n) is 11.3. The average Bonchev–Trinajstić information content (AvgIpc) is 3.58. The minimum Gasteiger partial charge on any atom is -0.445 e. The summed E-state index contributed by atoms with van der Waals surface area (Å²) < 4.78 is 5.33. The third-order valence-corrected chi connectivity index (χ3v) is 5.83. The van der Waals surface area contributed by atoms with Gasteiger partial charge >= 0.3 is 6.09 Å². The Morgan fingerprint density at radius 3 is 2.12 bits per heavy atom. The molecule has 33 heavy (non-hydrogen) atoms. The summed E-state index contributed by atoms with van der Waals surface area (Å²) in [5.41, 5.74) is 9.77. The van der Waals surface area contributed by atoms with Gasteiger partial charge in [0.15, 0.2) is 0 Å². The van der Waals surface area contributed by atoms with E-state index in [-0.39, 0.29) is 18.6 Å². The van der Waals surface area contributed by atoms with Crippen molar-refractivity contribution in [2.75, 3.05) is 5.32 Å². The average molecular weight is 444 g/mol. The lowest BCUT2D eigenvalue weighted by molar-refractivity contribution is -0.118. The lowest BCUT2D eigenvalue weighted by Crippen LogP contribution is -2.44. The van der Waals surface area contributed by atoms with Gasteiger partial charge in [0, 0.05) is 17.6 Å². The van der Waals surface area contributed by atoms with Crippen LogP contribution in [0.1, 0.15) is 35.4 Å². The summed E-state index contributed by atoms with van der Waals surface area (Å²) in [5, 5.41) is 5.65. The number of alkyl carbamates (subject to hydrolysis) is 1. The highest BCUT2D eigenvalue weighted by atomic mass is 16.5. The molecule has 170 valence electrons. The number of rotatable bonds is 9. The van der Waals surface area contributed by atoms with Crippen LogP contribution in [0.2, 0.25) is 0 Å². The van der Waals surface area contributed by atoms with E-state index in [1.54, 1.807) is 0 Å². The van der Waals surface area contributed by atoms with Crippen LogP contribution < -0.4 is 16.4 Å². The zero-order valence-electron chi connectivity index (χ0n) is 18.4. The van der Waals surface area contributed by atoms with E-state index in [1.807, 2.05) is 84.9 Å². The van der Waals surface area contributed by atoms with Crippen LogP contribution >= 0.6 is 0 Å². The van der Waals surface area contributed by atoms with Crippen LogP contribution in [0.3, 0.4) is 0 Å². The van der Waals surface area contributed by atoms with Crippen molar-refractivity contribution in [2.45, 2.75) is 43.9 Å². The Morgan fingerprint density at radius 2 is 1.52 bits per heavy atom. The second-order valence-corrected chi connectivity index (χ2v) is 8.40. The maximum Gasteiger partial charge on any atom is 0.408 e. The lowest BCUT2D eigenvalue weighted by atomic mass is 10.0. The quantitative estimate of drug-likeness (QED) is 0.458. The summed E-state index contributed by atoms with van der Waals surface area (Å²) in [4.78, 5) is 25.5. The number of nitrogens with one attached hydrogen (secondary N) is 2. The summed E-state index contributed by atoms with van der Waals surface area (Å²) in [5.74, 6) is 0.132. The van der Waals surface area contributed by atoms with Crippen molar-refractivity contribution in [1.29, 1.82) is 0 Å². The van der Waals surface area contributed by atoms with Gasteiger partial charge in [0.2, 0.25) is 5.91 Å². The number of benzene rings is 3. The Balaban J connectivity index is 1.37. The molecule has 1 aliphatic carbocycles. The fraction of sp³-hybridized carbons (Fsp3) is 0.259. The molecule has 1 fully saturated rings. The minimum atomic E-state index is -0.731. The van der Waals surface area contributed by atoms with Gasteiger partial charge in [-0.15, -0.1) is 0 Å². The van der Waals surface area contributed by atoms with Gasteiger partial charge in [-0.2, -0.15) is 0 Å². The molecule has 0 aliphatic heterocycles. The first-order chi connectivity index (χ1) is 16.1. The molecule has 0 bridgehead atoms. The molecule has 6 heteroatoms. The van der Waals surface area contributed by atoms with Crippen molar-refractivity contribution in [3.05, 3.63) is 102 Å². The van der Waals surface area contributed by atoms with E-state index in [1.165, 1.54) is 5.56 Å². The van der Waals surface area contributed by atoms with Crippen molar-refractivity contribution in [3.8, 4) is 0 Å². The Morgan fingerprint density at radius 1 is 0.909 bits per heavy atom. The highest BCUT2D eigenvalue weighted by Crippen LogP contribution is 2.39. The predicted molar refractivity (Wildman–Crippen MR) is 129 cm³/mol. The molecule has 1 saturated carbocycles. The molecule has 0 radical (unpaired) electrons. The molecule has 6 nitrogen and oxygen atoms in total. The molecule has 1 aliphatic rings. The maximum atomic E-state index is 13.0. The monoisotopic (exact) mass is 443 g/mol. The highest BCUT2D eigenvalue weighted by Gasteiger charge is 2.34. The van der Waals surface area contributed by atoms with E-state index >= 15 is 0 Å². The first-order valence-corrected chi connectivity index (χ1v) is 11.3. The molecule has 4 N–H and O–H groups in total. The van der Waals surface area contributed by atoms with Gasteiger partial charge < -0.3 is 21.1 Å². The van der Waals surface area contributed by atoms with Crippen LogP contribution in [0.4, 0.5) is 10.5 Å². The Bertz CT molecular complexity index is 1050. The molecule has 0 heterocycles. The van der Waals surface area contributed by atoms with Crippen molar-refractivity contribution >= 4 is 17.7 Å². The fourth-order valence-corrected chi connectivity index (χ4v) is 3.77. The number of amides is 2. The van der Waals surface area contributed by atoms with E-state index in [0.29, 0.717) is 24.4 Å². The lowest BCUT2D eigenvalue weighted by Gasteiger charge is -2.19. The number of aryl methyl sites for hydroxylation is 1. The van der Waals surface area contributed by atoms with Gasteiger partial charge in [-0.05, 0) is 48.1 Å². The van der Waals surface area contributed by atoms with Gasteiger partial charge in [-0.25, -0.2) is 4.79 Å². The van der Waals surface area contributed by atoms with Gasteiger partial charge in [0.05, 0.1) is 0 Å². The molecule has 0 spiro atoms. The van der Waals surface area contributed by atoms with E-state index < -0.39 is 12.1 Å². The summed E-state index contributed by atoms with van der Waals surface area (Å²) in [6.45, 7) is 0.143. The van der Waals surface area contributed by atoms with Crippen LogP contribution in [0.15, 0.2) is 84.9 Å². The second-order valence-electron chi connectivity index (χ2n) is 8.40. The Hall–Kier alpha value is -3.64. The van der Waals surface area contributed by atoms with Gasteiger partial charge in [-0.3, -0.25) is 4.79 Å². The first kappa shape index (κ1) is 22.6.